The van der Waals surface area contributed by atoms with E-state index in [0.29, 0.717) is 23.0 Å². The highest BCUT2D eigenvalue weighted by Gasteiger charge is 2.50. The first-order valence-corrected chi connectivity index (χ1v) is 8.74. The summed E-state index contributed by atoms with van der Waals surface area (Å²) in [6, 6.07) is 8.37. The van der Waals surface area contributed by atoms with Gasteiger partial charge in [0.05, 0.1) is 11.6 Å². The molecule has 0 saturated heterocycles. The Balaban J connectivity index is 1.36. The first kappa shape index (κ1) is 15.2. The van der Waals surface area contributed by atoms with Gasteiger partial charge in [0.15, 0.2) is 0 Å². The van der Waals surface area contributed by atoms with E-state index in [-0.39, 0.29) is 17.7 Å². The molecular weight excluding hydrogens is 302 g/mol. The van der Waals surface area contributed by atoms with Crippen molar-refractivity contribution in [3.8, 4) is 6.07 Å². The fraction of sp³-hybridized carbons (Fsp3) is 0.526. The van der Waals surface area contributed by atoms with Gasteiger partial charge in [-0.15, -0.1) is 0 Å². The van der Waals surface area contributed by atoms with Crippen molar-refractivity contribution in [2.75, 3.05) is 0 Å². The molecule has 5 rings (SSSR count). The maximum absolute atomic E-state index is 12.6. The Morgan fingerprint density at radius 1 is 0.917 bits per heavy atom. The maximum atomic E-state index is 12.6. The van der Waals surface area contributed by atoms with Crippen molar-refractivity contribution in [2.24, 2.45) is 29.6 Å². The lowest BCUT2D eigenvalue weighted by Crippen LogP contribution is -2.54. The van der Waals surface area contributed by atoms with Gasteiger partial charge >= 0.3 is 0 Å². The van der Waals surface area contributed by atoms with Crippen molar-refractivity contribution >= 4 is 11.8 Å². The van der Waals surface area contributed by atoms with Gasteiger partial charge < -0.3 is 0 Å². The second kappa shape index (κ2) is 5.94. The topological polar surface area (TPSA) is 82.0 Å². The van der Waals surface area contributed by atoms with Crippen LogP contribution in [0.3, 0.4) is 0 Å². The van der Waals surface area contributed by atoms with Crippen molar-refractivity contribution < 1.29 is 9.59 Å². The summed E-state index contributed by atoms with van der Waals surface area (Å²) in [5.41, 5.74) is 6.09. The Bertz CT molecular complexity index is 676. The molecule has 24 heavy (non-hydrogen) atoms. The van der Waals surface area contributed by atoms with Gasteiger partial charge in [-0.3, -0.25) is 20.4 Å². The number of nitrogens with zero attached hydrogens (tertiary/aromatic N) is 1. The molecule has 0 spiro atoms. The van der Waals surface area contributed by atoms with E-state index in [1.807, 2.05) is 6.07 Å². The molecule has 4 aliphatic rings. The molecule has 4 bridgehead atoms. The van der Waals surface area contributed by atoms with Crippen molar-refractivity contribution in [3.05, 3.63) is 35.4 Å². The van der Waals surface area contributed by atoms with Crippen LogP contribution in [0.5, 0.6) is 0 Å². The molecule has 2 N–H and O–H groups in total. The van der Waals surface area contributed by atoms with Crippen LogP contribution in [-0.4, -0.2) is 11.8 Å². The summed E-state index contributed by atoms with van der Waals surface area (Å²) >= 11 is 0. The van der Waals surface area contributed by atoms with E-state index in [4.69, 9.17) is 5.26 Å². The normalized spacial score (nSPS) is 32.9. The average molecular weight is 323 g/mol. The van der Waals surface area contributed by atoms with Crippen LogP contribution in [0.1, 0.15) is 48.0 Å². The van der Waals surface area contributed by atoms with Crippen LogP contribution >= 0.6 is 0 Å². The highest BCUT2D eigenvalue weighted by molar-refractivity contribution is 5.95. The largest absolute Gasteiger partial charge is 0.273 e. The molecule has 0 aromatic heterocycles. The molecule has 4 aliphatic carbocycles. The maximum Gasteiger partial charge on any atom is 0.269 e. The Labute approximate surface area is 141 Å². The molecule has 4 fully saturated rings. The van der Waals surface area contributed by atoms with Crippen molar-refractivity contribution in [1.29, 1.82) is 5.26 Å². The molecule has 5 heteroatoms. The molecule has 2 amide bonds. The third-order valence-electron chi connectivity index (χ3n) is 6.10. The lowest BCUT2D eigenvalue weighted by atomic mass is 9.52. The first-order valence-electron chi connectivity index (χ1n) is 8.74. The highest BCUT2D eigenvalue weighted by Crippen LogP contribution is 2.56. The van der Waals surface area contributed by atoms with Crippen molar-refractivity contribution in [1.82, 2.24) is 10.9 Å². The Hall–Kier alpha value is -2.35. The summed E-state index contributed by atoms with van der Waals surface area (Å²) in [5, 5.41) is 8.78. The zero-order valence-electron chi connectivity index (χ0n) is 13.5. The quantitative estimate of drug-likeness (QED) is 0.820. The summed E-state index contributed by atoms with van der Waals surface area (Å²) in [5.74, 6) is 2.30. The zero-order chi connectivity index (χ0) is 16.7. The third-order valence-corrected chi connectivity index (χ3v) is 6.10. The zero-order valence-corrected chi connectivity index (χ0v) is 13.5. The van der Waals surface area contributed by atoms with E-state index in [1.54, 1.807) is 24.3 Å². The smallest absolute Gasteiger partial charge is 0.269 e. The molecule has 0 unspecified atom stereocenters. The minimum atomic E-state index is -0.350. The van der Waals surface area contributed by atoms with E-state index in [0.717, 1.165) is 11.8 Å². The predicted octanol–water partition coefficient (Wildman–Crippen LogP) is 2.39. The number of rotatable bonds is 2. The molecule has 0 atom stereocenters. The highest BCUT2D eigenvalue weighted by atomic mass is 16.2. The van der Waals surface area contributed by atoms with E-state index >= 15 is 0 Å². The summed E-state index contributed by atoms with van der Waals surface area (Å²) in [6.45, 7) is 0. The van der Waals surface area contributed by atoms with Gasteiger partial charge in [-0.25, -0.2) is 0 Å². The SMILES string of the molecule is N#Cc1ccc(C(=O)NNC(=O)C2C3CC4CC(C3)CC2C4)cc1. The lowest BCUT2D eigenvalue weighted by Gasteiger charge is -2.53. The second-order valence-corrected chi connectivity index (χ2v) is 7.59. The van der Waals surface area contributed by atoms with Crippen LogP contribution < -0.4 is 10.9 Å². The summed E-state index contributed by atoms with van der Waals surface area (Å²) in [7, 11) is 0. The molecule has 1 aromatic rings. The third kappa shape index (κ3) is 2.66. The summed E-state index contributed by atoms with van der Waals surface area (Å²) in [6.07, 6.45) is 6.06. The Kier molecular flexibility index (Phi) is 3.76. The fourth-order valence-corrected chi connectivity index (χ4v) is 5.32. The van der Waals surface area contributed by atoms with Gasteiger partial charge in [-0.05, 0) is 80.0 Å². The number of hydrazine groups is 1. The van der Waals surface area contributed by atoms with Crippen molar-refractivity contribution in [3.63, 3.8) is 0 Å². The van der Waals surface area contributed by atoms with E-state index < -0.39 is 0 Å². The molecule has 124 valence electrons. The van der Waals surface area contributed by atoms with Gasteiger partial charge in [-0.2, -0.15) is 5.26 Å². The fourth-order valence-electron chi connectivity index (χ4n) is 5.32. The van der Waals surface area contributed by atoms with Crippen LogP contribution in [0.2, 0.25) is 0 Å². The van der Waals surface area contributed by atoms with Crippen LogP contribution in [0.15, 0.2) is 24.3 Å². The number of nitrogens with one attached hydrogen (secondary N) is 2. The van der Waals surface area contributed by atoms with Gasteiger partial charge in [0.25, 0.3) is 5.91 Å². The molecule has 0 radical (unpaired) electrons. The minimum absolute atomic E-state index is 0.0363. The number of carbonyl (C=O) groups is 2. The standard InChI is InChI=1S/C19H21N3O2/c20-10-11-1-3-14(4-2-11)18(23)21-22-19(24)17-15-6-12-5-13(8-15)9-16(17)7-12/h1-4,12-13,15-17H,5-9H2,(H,21,23)(H,22,24). The Morgan fingerprint density at radius 3 is 2.04 bits per heavy atom. The van der Waals surface area contributed by atoms with Gasteiger partial charge in [0.1, 0.15) is 0 Å². The van der Waals surface area contributed by atoms with Crippen LogP contribution in [0.25, 0.3) is 0 Å². The Morgan fingerprint density at radius 2 is 1.50 bits per heavy atom. The number of carbonyl (C=O) groups excluding carboxylic acids is 2. The van der Waals surface area contributed by atoms with Gasteiger partial charge in [-0.1, -0.05) is 0 Å². The van der Waals surface area contributed by atoms with E-state index in [2.05, 4.69) is 10.9 Å². The van der Waals surface area contributed by atoms with E-state index in [1.165, 1.54) is 32.1 Å². The number of nitriles is 1. The van der Waals surface area contributed by atoms with Crippen LogP contribution in [0, 0.1) is 40.9 Å². The second-order valence-electron chi connectivity index (χ2n) is 7.59. The minimum Gasteiger partial charge on any atom is -0.273 e. The number of hydrogen-bond donors (Lipinski definition) is 2. The van der Waals surface area contributed by atoms with Crippen LogP contribution in [-0.2, 0) is 4.79 Å². The van der Waals surface area contributed by atoms with Crippen LogP contribution in [0.4, 0.5) is 0 Å². The molecular formula is C19H21N3O2. The molecule has 4 saturated carbocycles. The van der Waals surface area contributed by atoms with Gasteiger partial charge in [0, 0.05) is 11.5 Å². The predicted molar refractivity (Wildman–Crippen MR) is 87.3 cm³/mol. The summed E-state index contributed by atoms with van der Waals surface area (Å²) < 4.78 is 0. The molecule has 5 nitrogen and oxygen atoms in total. The van der Waals surface area contributed by atoms with Crippen molar-refractivity contribution in [2.45, 2.75) is 32.1 Å². The summed E-state index contributed by atoms with van der Waals surface area (Å²) in [4.78, 5) is 24.7. The number of amides is 2. The van der Waals surface area contributed by atoms with Gasteiger partial charge in [0.2, 0.25) is 5.91 Å². The molecule has 0 aliphatic heterocycles. The monoisotopic (exact) mass is 323 g/mol. The first-order chi connectivity index (χ1) is 11.6. The van der Waals surface area contributed by atoms with E-state index in [9.17, 15) is 9.59 Å². The number of hydrogen-bond acceptors (Lipinski definition) is 3. The molecule has 0 heterocycles. The lowest BCUT2D eigenvalue weighted by molar-refractivity contribution is -0.138. The number of benzene rings is 1. The average Bonchev–Trinajstić information content (AvgIpc) is 2.59. The molecule has 1 aromatic carbocycles.